The van der Waals surface area contributed by atoms with Gasteiger partial charge in [-0.25, -0.2) is 4.39 Å². The van der Waals surface area contributed by atoms with Gasteiger partial charge in [0, 0.05) is 11.8 Å². The molecule has 1 aromatic heterocycles. The summed E-state index contributed by atoms with van der Waals surface area (Å²) in [5.74, 6) is -0.460. The number of aryl methyl sites for hydroxylation is 2. The van der Waals surface area contributed by atoms with E-state index in [-0.39, 0.29) is 18.1 Å². The lowest BCUT2D eigenvalue weighted by Crippen LogP contribution is -2.21. The van der Waals surface area contributed by atoms with Gasteiger partial charge < -0.3 is 11.1 Å². The second kappa shape index (κ2) is 5.09. The van der Waals surface area contributed by atoms with Crippen LogP contribution >= 0.6 is 0 Å². The number of aromatic nitrogens is 2. The monoisotopic (exact) mass is 262 g/mol. The summed E-state index contributed by atoms with van der Waals surface area (Å²) >= 11 is 0. The Balaban J connectivity index is 2.09. The van der Waals surface area contributed by atoms with Gasteiger partial charge >= 0.3 is 0 Å². The summed E-state index contributed by atoms with van der Waals surface area (Å²) in [4.78, 5) is 11.8. The van der Waals surface area contributed by atoms with E-state index in [0.717, 1.165) is 11.3 Å². The lowest BCUT2D eigenvalue weighted by molar-refractivity contribution is -0.117. The minimum absolute atomic E-state index is 0.00356. The number of hydrogen-bond donors (Lipinski definition) is 2. The fraction of sp³-hybridized carbons (Fsp3) is 0.231. The molecule has 3 N–H and O–H groups in total. The van der Waals surface area contributed by atoms with E-state index in [4.69, 9.17) is 5.73 Å². The van der Waals surface area contributed by atoms with Gasteiger partial charge in [0.1, 0.15) is 18.2 Å². The fourth-order valence-electron chi connectivity index (χ4n) is 1.76. The molecule has 0 radical (unpaired) electrons. The van der Waals surface area contributed by atoms with E-state index >= 15 is 0 Å². The SMILES string of the molecule is Cc1ccc(F)c(NC(=O)Cn2nc(N)cc2C)c1. The smallest absolute Gasteiger partial charge is 0.246 e. The molecule has 0 spiro atoms. The molecule has 5 nitrogen and oxygen atoms in total. The molecule has 6 heteroatoms. The summed E-state index contributed by atoms with van der Waals surface area (Å²) in [5, 5.41) is 6.49. The predicted molar refractivity (Wildman–Crippen MR) is 71.1 cm³/mol. The average molecular weight is 262 g/mol. The van der Waals surface area contributed by atoms with Crippen LogP contribution in [0.15, 0.2) is 24.3 Å². The van der Waals surface area contributed by atoms with Crippen molar-refractivity contribution >= 4 is 17.4 Å². The van der Waals surface area contributed by atoms with Crippen molar-refractivity contribution in [3.05, 3.63) is 41.3 Å². The largest absolute Gasteiger partial charge is 0.382 e. The van der Waals surface area contributed by atoms with Crippen molar-refractivity contribution in [3.63, 3.8) is 0 Å². The van der Waals surface area contributed by atoms with Crippen molar-refractivity contribution in [2.24, 2.45) is 0 Å². The Hall–Kier alpha value is -2.37. The Kier molecular flexibility index (Phi) is 3.50. The topological polar surface area (TPSA) is 72.9 Å². The molecule has 0 unspecified atom stereocenters. The van der Waals surface area contributed by atoms with E-state index < -0.39 is 5.82 Å². The molecule has 1 aromatic carbocycles. The van der Waals surface area contributed by atoms with Crippen LogP contribution in [-0.2, 0) is 11.3 Å². The lowest BCUT2D eigenvalue weighted by atomic mass is 10.2. The standard InChI is InChI=1S/C13H15FN4O/c1-8-3-4-10(14)11(5-8)16-13(19)7-18-9(2)6-12(15)17-18/h3-6H,7H2,1-2H3,(H2,15,17)(H,16,19). The van der Waals surface area contributed by atoms with Crippen LogP contribution in [0.25, 0.3) is 0 Å². The number of rotatable bonds is 3. The summed E-state index contributed by atoms with van der Waals surface area (Å²) in [6.45, 7) is 3.62. The molecule has 0 atom stereocenters. The first-order valence-electron chi connectivity index (χ1n) is 5.81. The summed E-state index contributed by atoms with van der Waals surface area (Å²) in [7, 11) is 0. The third-order valence-corrected chi connectivity index (χ3v) is 2.69. The first-order valence-corrected chi connectivity index (χ1v) is 5.81. The van der Waals surface area contributed by atoms with Gasteiger partial charge in [0.05, 0.1) is 5.69 Å². The molecular formula is C13H15FN4O. The highest BCUT2D eigenvalue weighted by Crippen LogP contribution is 2.15. The molecule has 100 valence electrons. The Bertz CT molecular complexity index is 621. The average Bonchev–Trinajstić information content (AvgIpc) is 2.62. The summed E-state index contributed by atoms with van der Waals surface area (Å²) in [5.41, 5.74) is 7.34. The molecule has 19 heavy (non-hydrogen) atoms. The number of anilines is 2. The molecule has 0 fully saturated rings. The van der Waals surface area contributed by atoms with E-state index in [0.29, 0.717) is 5.82 Å². The van der Waals surface area contributed by atoms with Crippen molar-refractivity contribution < 1.29 is 9.18 Å². The summed E-state index contributed by atoms with van der Waals surface area (Å²) in [6, 6.07) is 6.21. The first kappa shape index (κ1) is 13.1. The second-order valence-electron chi connectivity index (χ2n) is 4.40. The number of benzene rings is 1. The maximum absolute atomic E-state index is 13.5. The van der Waals surface area contributed by atoms with Crippen molar-refractivity contribution in [3.8, 4) is 0 Å². The van der Waals surface area contributed by atoms with E-state index in [1.807, 2.05) is 6.92 Å². The summed E-state index contributed by atoms with van der Waals surface area (Å²) in [6.07, 6.45) is 0. The number of nitrogens with one attached hydrogen (secondary N) is 1. The molecule has 0 saturated heterocycles. The van der Waals surface area contributed by atoms with Crippen molar-refractivity contribution in [1.82, 2.24) is 9.78 Å². The van der Waals surface area contributed by atoms with Crippen LogP contribution in [0.3, 0.4) is 0 Å². The van der Waals surface area contributed by atoms with Gasteiger partial charge in [-0.3, -0.25) is 9.48 Å². The minimum Gasteiger partial charge on any atom is -0.382 e. The Labute approximate surface area is 110 Å². The number of hydrogen-bond acceptors (Lipinski definition) is 3. The molecule has 0 aliphatic carbocycles. The third kappa shape index (κ3) is 3.09. The molecule has 0 aliphatic rings. The van der Waals surface area contributed by atoms with E-state index in [2.05, 4.69) is 10.4 Å². The molecule has 2 aromatic rings. The minimum atomic E-state index is -0.462. The third-order valence-electron chi connectivity index (χ3n) is 2.69. The molecular weight excluding hydrogens is 247 g/mol. The zero-order valence-corrected chi connectivity index (χ0v) is 10.8. The number of nitrogens with two attached hydrogens (primary N) is 1. The van der Waals surface area contributed by atoms with Crippen LogP contribution in [0.4, 0.5) is 15.9 Å². The van der Waals surface area contributed by atoms with E-state index in [9.17, 15) is 9.18 Å². The molecule has 0 saturated carbocycles. The van der Waals surface area contributed by atoms with Crippen LogP contribution in [0.2, 0.25) is 0 Å². The first-order chi connectivity index (χ1) is 8.95. The number of carbonyl (C=O) groups excluding carboxylic acids is 1. The maximum atomic E-state index is 13.5. The zero-order chi connectivity index (χ0) is 14.0. The molecule has 0 aliphatic heterocycles. The van der Waals surface area contributed by atoms with Crippen LogP contribution in [0.5, 0.6) is 0 Å². The van der Waals surface area contributed by atoms with Crippen molar-refractivity contribution in [2.45, 2.75) is 20.4 Å². The predicted octanol–water partition coefficient (Wildman–Crippen LogP) is 1.86. The number of nitrogen functional groups attached to an aromatic ring is 1. The highest BCUT2D eigenvalue weighted by Gasteiger charge is 2.10. The second-order valence-corrected chi connectivity index (χ2v) is 4.40. The highest BCUT2D eigenvalue weighted by atomic mass is 19.1. The van der Waals surface area contributed by atoms with Gasteiger partial charge in [-0.05, 0) is 31.5 Å². The number of carbonyl (C=O) groups is 1. The van der Waals surface area contributed by atoms with Gasteiger partial charge in [0.25, 0.3) is 0 Å². The Morgan fingerprint density at radius 3 is 2.79 bits per heavy atom. The van der Waals surface area contributed by atoms with Gasteiger partial charge in [0.2, 0.25) is 5.91 Å². The quantitative estimate of drug-likeness (QED) is 0.886. The summed E-state index contributed by atoms with van der Waals surface area (Å²) < 4.78 is 15.0. The number of halogens is 1. The highest BCUT2D eigenvalue weighted by molar-refractivity contribution is 5.90. The van der Waals surface area contributed by atoms with Crippen LogP contribution in [0.1, 0.15) is 11.3 Å². The van der Waals surface area contributed by atoms with E-state index in [1.165, 1.54) is 10.7 Å². The normalized spacial score (nSPS) is 10.5. The van der Waals surface area contributed by atoms with Gasteiger partial charge in [-0.2, -0.15) is 5.10 Å². The number of nitrogens with zero attached hydrogens (tertiary/aromatic N) is 2. The van der Waals surface area contributed by atoms with Gasteiger partial charge in [-0.1, -0.05) is 6.07 Å². The maximum Gasteiger partial charge on any atom is 0.246 e. The molecule has 1 amide bonds. The number of amides is 1. The van der Waals surface area contributed by atoms with Crippen LogP contribution < -0.4 is 11.1 Å². The van der Waals surface area contributed by atoms with Crippen LogP contribution in [0, 0.1) is 19.7 Å². The molecule has 1 heterocycles. The fourth-order valence-corrected chi connectivity index (χ4v) is 1.76. The molecule has 0 bridgehead atoms. The Morgan fingerprint density at radius 1 is 1.42 bits per heavy atom. The molecule has 2 rings (SSSR count). The lowest BCUT2D eigenvalue weighted by Gasteiger charge is -2.08. The van der Waals surface area contributed by atoms with Gasteiger partial charge in [0.15, 0.2) is 0 Å². The van der Waals surface area contributed by atoms with Crippen molar-refractivity contribution in [1.29, 1.82) is 0 Å². The van der Waals surface area contributed by atoms with E-state index in [1.54, 1.807) is 25.1 Å². The van der Waals surface area contributed by atoms with Crippen LogP contribution in [-0.4, -0.2) is 15.7 Å². The zero-order valence-electron chi connectivity index (χ0n) is 10.8. The van der Waals surface area contributed by atoms with Crippen molar-refractivity contribution in [2.75, 3.05) is 11.1 Å². The Morgan fingerprint density at radius 2 is 2.16 bits per heavy atom. The van der Waals surface area contributed by atoms with Gasteiger partial charge in [-0.15, -0.1) is 0 Å².